The second-order valence-electron chi connectivity index (χ2n) is 6.35. The number of rotatable bonds is 8. The van der Waals surface area contributed by atoms with Crippen LogP contribution in [0.3, 0.4) is 0 Å². The van der Waals surface area contributed by atoms with Gasteiger partial charge < -0.3 is 10.4 Å². The van der Waals surface area contributed by atoms with Gasteiger partial charge in [-0.2, -0.15) is 0 Å². The highest BCUT2D eigenvalue weighted by Crippen LogP contribution is 2.24. The summed E-state index contributed by atoms with van der Waals surface area (Å²) in [6.45, 7) is 0. The van der Waals surface area contributed by atoms with Crippen molar-refractivity contribution in [2.24, 2.45) is 0 Å². The summed E-state index contributed by atoms with van der Waals surface area (Å²) in [5, 5.41) is 22.8. The minimum atomic E-state index is -1.20. The van der Waals surface area contributed by atoms with Crippen molar-refractivity contribution in [3.63, 3.8) is 0 Å². The first-order chi connectivity index (χ1) is 14.8. The average Bonchev–Trinajstić information content (AvgIpc) is 2.77. The minimum absolute atomic E-state index is 0.0360. The standard InChI is InChI=1S/C22H16N2O6S/c25-20(14-5-3-7-16(11-14)24(29)30)13-31-17-8-4-6-15(12-17)23-21(26)18-9-1-2-10-19(18)22(27)28/h1-12H,13H2,(H,23,26)(H,27,28). The third-order valence-corrected chi connectivity index (χ3v) is 5.24. The topological polar surface area (TPSA) is 127 Å². The molecule has 0 radical (unpaired) electrons. The largest absolute Gasteiger partial charge is 0.478 e. The molecule has 0 fully saturated rings. The second kappa shape index (κ2) is 9.68. The van der Waals surface area contributed by atoms with Gasteiger partial charge in [-0.1, -0.05) is 30.3 Å². The maximum Gasteiger partial charge on any atom is 0.336 e. The van der Waals surface area contributed by atoms with Crippen LogP contribution in [0.5, 0.6) is 0 Å². The summed E-state index contributed by atoms with van der Waals surface area (Å²) < 4.78 is 0. The number of nitrogens with one attached hydrogen (secondary N) is 1. The number of amides is 1. The zero-order valence-corrected chi connectivity index (χ0v) is 16.8. The Balaban J connectivity index is 1.68. The Morgan fingerprint density at radius 3 is 2.35 bits per heavy atom. The number of hydrogen-bond donors (Lipinski definition) is 2. The number of non-ortho nitro benzene ring substituents is 1. The second-order valence-corrected chi connectivity index (χ2v) is 7.40. The van der Waals surface area contributed by atoms with Gasteiger partial charge in [0.15, 0.2) is 5.78 Å². The number of Topliss-reactive ketones (excluding diaryl/α,β-unsaturated/α-hetero) is 1. The Morgan fingerprint density at radius 1 is 0.935 bits per heavy atom. The molecule has 1 amide bonds. The first kappa shape index (κ1) is 21.7. The summed E-state index contributed by atoms with van der Waals surface area (Å²) in [4.78, 5) is 47.2. The molecule has 0 atom stereocenters. The van der Waals surface area contributed by atoms with Crippen LogP contribution in [-0.4, -0.2) is 33.4 Å². The van der Waals surface area contributed by atoms with Gasteiger partial charge in [-0.25, -0.2) is 4.79 Å². The Bertz CT molecular complexity index is 1180. The fraction of sp³-hybridized carbons (Fsp3) is 0.0455. The lowest BCUT2D eigenvalue weighted by Gasteiger charge is -2.09. The van der Waals surface area contributed by atoms with Crippen LogP contribution in [0.25, 0.3) is 0 Å². The predicted molar refractivity (Wildman–Crippen MR) is 116 cm³/mol. The number of carbonyl (C=O) groups excluding carboxylic acids is 2. The molecule has 3 aromatic carbocycles. The molecule has 0 aliphatic rings. The van der Waals surface area contributed by atoms with Crippen LogP contribution in [0, 0.1) is 10.1 Å². The van der Waals surface area contributed by atoms with Crippen molar-refractivity contribution in [2.45, 2.75) is 4.90 Å². The minimum Gasteiger partial charge on any atom is -0.478 e. The molecular weight excluding hydrogens is 420 g/mol. The summed E-state index contributed by atoms with van der Waals surface area (Å²) in [7, 11) is 0. The molecule has 3 rings (SSSR count). The molecule has 0 aromatic heterocycles. The van der Waals surface area contributed by atoms with Crippen LogP contribution in [0.4, 0.5) is 11.4 Å². The number of anilines is 1. The summed E-state index contributed by atoms with van der Waals surface area (Å²) >= 11 is 1.22. The molecule has 8 nitrogen and oxygen atoms in total. The summed E-state index contributed by atoms with van der Waals surface area (Å²) in [5.74, 6) is -1.97. The first-order valence-electron chi connectivity index (χ1n) is 8.99. The van der Waals surface area contributed by atoms with Gasteiger partial charge in [0.1, 0.15) is 0 Å². The van der Waals surface area contributed by atoms with Crippen molar-refractivity contribution >= 4 is 40.8 Å². The van der Waals surface area contributed by atoms with E-state index in [1.54, 1.807) is 30.3 Å². The van der Waals surface area contributed by atoms with E-state index in [9.17, 15) is 29.6 Å². The number of nitro benzene ring substituents is 1. The average molecular weight is 436 g/mol. The van der Waals surface area contributed by atoms with Gasteiger partial charge in [-0.15, -0.1) is 11.8 Å². The predicted octanol–water partition coefficient (Wildman–Crippen LogP) is 4.52. The van der Waals surface area contributed by atoms with E-state index >= 15 is 0 Å². The van der Waals surface area contributed by atoms with Gasteiger partial charge in [-0.05, 0) is 30.3 Å². The highest BCUT2D eigenvalue weighted by atomic mass is 32.2. The number of benzene rings is 3. The number of aromatic carboxylic acids is 1. The summed E-state index contributed by atoms with van der Waals surface area (Å²) in [5.41, 5.74) is 0.471. The molecule has 0 aliphatic carbocycles. The molecule has 31 heavy (non-hydrogen) atoms. The Hall–Kier alpha value is -3.98. The van der Waals surface area contributed by atoms with E-state index in [0.717, 1.165) is 0 Å². The van der Waals surface area contributed by atoms with E-state index < -0.39 is 16.8 Å². The van der Waals surface area contributed by atoms with E-state index in [2.05, 4.69) is 5.32 Å². The van der Waals surface area contributed by atoms with Gasteiger partial charge in [0, 0.05) is 28.3 Å². The van der Waals surface area contributed by atoms with Gasteiger partial charge in [0.05, 0.1) is 21.8 Å². The molecule has 156 valence electrons. The molecule has 0 spiro atoms. The number of carbonyl (C=O) groups is 3. The molecule has 0 unspecified atom stereocenters. The number of hydrogen-bond acceptors (Lipinski definition) is 6. The van der Waals surface area contributed by atoms with Crippen LogP contribution in [0.2, 0.25) is 0 Å². The van der Waals surface area contributed by atoms with Gasteiger partial charge in [-0.3, -0.25) is 19.7 Å². The molecule has 0 heterocycles. The third-order valence-electron chi connectivity index (χ3n) is 4.24. The van der Waals surface area contributed by atoms with Crippen molar-refractivity contribution in [3.8, 4) is 0 Å². The fourth-order valence-electron chi connectivity index (χ4n) is 2.75. The third kappa shape index (κ3) is 5.55. The number of carboxylic acids is 1. The van der Waals surface area contributed by atoms with Crippen molar-refractivity contribution in [2.75, 3.05) is 11.1 Å². The monoisotopic (exact) mass is 436 g/mol. The molecule has 2 N–H and O–H groups in total. The fourth-order valence-corrected chi connectivity index (χ4v) is 3.60. The molecular formula is C22H16N2O6S. The molecule has 0 bridgehead atoms. The van der Waals surface area contributed by atoms with Crippen LogP contribution in [-0.2, 0) is 0 Å². The van der Waals surface area contributed by atoms with E-state index in [0.29, 0.717) is 10.6 Å². The lowest BCUT2D eigenvalue weighted by atomic mass is 10.1. The smallest absolute Gasteiger partial charge is 0.336 e. The van der Waals surface area contributed by atoms with E-state index in [1.807, 2.05) is 0 Å². The zero-order valence-electron chi connectivity index (χ0n) is 16.0. The summed E-state index contributed by atoms with van der Waals surface area (Å²) in [6, 6.07) is 18.2. The van der Waals surface area contributed by atoms with Crippen molar-refractivity contribution in [1.29, 1.82) is 0 Å². The molecule has 9 heteroatoms. The summed E-state index contributed by atoms with van der Waals surface area (Å²) in [6.07, 6.45) is 0. The van der Waals surface area contributed by atoms with E-state index in [1.165, 1.54) is 54.2 Å². The first-order valence-corrected chi connectivity index (χ1v) is 9.98. The van der Waals surface area contributed by atoms with Crippen LogP contribution >= 0.6 is 11.8 Å². The van der Waals surface area contributed by atoms with Crippen molar-refractivity contribution in [1.82, 2.24) is 0 Å². The lowest BCUT2D eigenvalue weighted by molar-refractivity contribution is -0.384. The molecule has 0 aliphatic heterocycles. The molecule has 3 aromatic rings. The maximum atomic E-state index is 12.5. The van der Waals surface area contributed by atoms with E-state index in [4.69, 9.17) is 0 Å². The highest BCUT2D eigenvalue weighted by molar-refractivity contribution is 8.00. The van der Waals surface area contributed by atoms with Crippen LogP contribution in [0.15, 0.2) is 77.7 Å². The quantitative estimate of drug-likeness (QED) is 0.230. The van der Waals surface area contributed by atoms with Crippen LogP contribution < -0.4 is 5.32 Å². The lowest BCUT2D eigenvalue weighted by Crippen LogP contribution is -2.16. The Kier molecular flexibility index (Phi) is 6.78. The van der Waals surface area contributed by atoms with Crippen LogP contribution in [0.1, 0.15) is 31.1 Å². The number of ketones is 1. The maximum absolute atomic E-state index is 12.5. The molecule has 0 saturated carbocycles. The van der Waals surface area contributed by atoms with Gasteiger partial charge in [0.2, 0.25) is 0 Å². The number of thioether (sulfide) groups is 1. The van der Waals surface area contributed by atoms with Gasteiger partial charge in [0.25, 0.3) is 11.6 Å². The zero-order chi connectivity index (χ0) is 22.4. The van der Waals surface area contributed by atoms with Gasteiger partial charge >= 0.3 is 5.97 Å². The number of nitrogens with zero attached hydrogens (tertiary/aromatic N) is 1. The SMILES string of the molecule is O=C(CSc1cccc(NC(=O)c2ccccc2C(=O)O)c1)c1cccc([N+](=O)[O-])c1. The number of carboxylic acid groups (broad SMARTS) is 1. The van der Waals surface area contributed by atoms with Crippen molar-refractivity contribution in [3.05, 3.63) is 99.6 Å². The highest BCUT2D eigenvalue weighted by Gasteiger charge is 2.16. The van der Waals surface area contributed by atoms with Crippen molar-refractivity contribution < 1.29 is 24.4 Å². The number of nitro groups is 1. The Labute approximate surface area is 181 Å². The van der Waals surface area contributed by atoms with E-state index in [-0.39, 0.29) is 33.9 Å². The molecule has 0 saturated heterocycles. The Morgan fingerprint density at radius 2 is 1.65 bits per heavy atom. The normalized spacial score (nSPS) is 10.3.